The number of aromatic nitrogens is 3. The number of carbonyl (C=O) groups is 1. The van der Waals surface area contributed by atoms with Gasteiger partial charge in [-0.2, -0.15) is 0 Å². The SMILES string of the molecule is CCCn1c(S[C@H](C)C(=O)Nc2ccc(C)cc2)n[nH]c1=O. The fraction of sp³-hybridized carbons (Fsp3) is 0.400. The number of H-pyrrole nitrogens is 1. The molecular weight excluding hydrogens is 300 g/mol. The van der Waals surface area contributed by atoms with Crippen molar-refractivity contribution in [2.24, 2.45) is 0 Å². The molecular formula is C15H20N4O2S. The van der Waals surface area contributed by atoms with E-state index in [1.165, 1.54) is 11.8 Å². The molecule has 118 valence electrons. The number of hydrogen-bond donors (Lipinski definition) is 2. The molecule has 6 nitrogen and oxygen atoms in total. The van der Waals surface area contributed by atoms with Crippen molar-refractivity contribution in [1.82, 2.24) is 14.8 Å². The molecule has 2 aromatic rings. The molecule has 1 amide bonds. The summed E-state index contributed by atoms with van der Waals surface area (Å²) in [5.74, 6) is -0.118. The van der Waals surface area contributed by atoms with Crippen LogP contribution in [0.2, 0.25) is 0 Å². The molecule has 0 unspecified atom stereocenters. The molecule has 1 aromatic carbocycles. The molecule has 0 aliphatic carbocycles. The Morgan fingerprint density at radius 3 is 2.73 bits per heavy atom. The number of thioether (sulfide) groups is 1. The van der Waals surface area contributed by atoms with E-state index in [2.05, 4.69) is 15.5 Å². The van der Waals surface area contributed by atoms with Crippen molar-refractivity contribution in [2.75, 3.05) is 5.32 Å². The third kappa shape index (κ3) is 4.00. The summed E-state index contributed by atoms with van der Waals surface area (Å²) in [6.45, 7) is 6.36. The quantitative estimate of drug-likeness (QED) is 0.801. The van der Waals surface area contributed by atoms with Crippen molar-refractivity contribution < 1.29 is 4.79 Å². The minimum atomic E-state index is -0.355. The number of carbonyl (C=O) groups excluding carboxylic acids is 1. The molecule has 0 aliphatic rings. The van der Waals surface area contributed by atoms with Crippen LogP contribution in [0.3, 0.4) is 0 Å². The average Bonchev–Trinajstić information content (AvgIpc) is 2.83. The Morgan fingerprint density at radius 1 is 1.41 bits per heavy atom. The van der Waals surface area contributed by atoms with E-state index in [0.717, 1.165) is 17.7 Å². The van der Waals surface area contributed by atoms with Crippen LogP contribution >= 0.6 is 11.8 Å². The predicted molar refractivity (Wildman–Crippen MR) is 88.3 cm³/mol. The summed E-state index contributed by atoms with van der Waals surface area (Å²) in [6.07, 6.45) is 0.830. The molecule has 22 heavy (non-hydrogen) atoms. The van der Waals surface area contributed by atoms with E-state index in [1.807, 2.05) is 38.1 Å². The van der Waals surface area contributed by atoms with Gasteiger partial charge in [0.1, 0.15) is 0 Å². The summed E-state index contributed by atoms with van der Waals surface area (Å²) in [6, 6.07) is 7.62. The number of hydrogen-bond acceptors (Lipinski definition) is 4. The molecule has 2 rings (SSSR count). The van der Waals surface area contributed by atoms with Crippen molar-refractivity contribution >= 4 is 23.4 Å². The molecule has 1 aromatic heterocycles. The lowest BCUT2D eigenvalue weighted by atomic mass is 10.2. The van der Waals surface area contributed by atoms with Gasteiger partial charge < -0.3 is 5.32 Å². The number of rotatable bonds is 6. The maximum absolute atomic E-state index is 12.2. The van der Waals surface area contributed by atoms with E-state index in [1.54, 1.807) is 11.5 Å². The number of amides is 1. The van der Waals surface area contributed by atoms with E-state index >= 15 is 0 Å². The third-order valence-electron chi connectivity index (χ3n) is 3.14. The fourth-order valence-corrected chi connectivity index (χ4v) is 2.79. The molecule has 0 fully saturated rings. The van der Waals surface area contributed by atoms with Crippen molar-refractivity contribution in [2.45, 2.75) is 44.1 Å². The summed E-state index contributed by atoms with van der Waals surface area (Å²) < 4.78 is 1.56. The molecule has 1 atom stereocenters. The topological polar surface area (TPSA) is 79.8 Å². The van der Waals surface area contributed by atoms with Crippen molar-refractivity contribution in [3.63, 3.8) is 0 Å². The first-order chi connectivity index (χ1) is 10.5. The van der Waals surface area contributed by atoms with E-state index in [0.29, 0.717) is 11.7 Å². The van der Waals surface area contributed by atoms with E-state index in [-0.39, 0.29) is 16.8 Å². The van der Waals surface area contributed by atoms with Gasteiger partial charge in [0.05, 0.1) is 5.25 Å². The summed E-state index contributed by atoms with van der Waals surface area (Å²) in [5.41, 5.74) is 1.66. The van der Waals surface area contributed by atoms with E-state index < -0.39 is 0 Å². The standard InChI is InChI=1S/C15H20N4O2S/c1-4-9-19-14(21)17-18-15(19)22-11(3)13(20)16-12-7-5-10(2)6-8-12/h5-8,11H,4,9H2,1-3H3,(H,16,20)(H,17,21)/t11-/m1/s1. The molecule has 2 N–H and O–H groups in total. The summed E-state index contributed by atoms with van der Waals surface area (Å²) in [4.78, 5) is 23.9. The lowest BCUT2D eigenvalue weighted by Gasteiger charge is -2.12. The number of benzene rings is 1. The van der Waals surface area contributed by atoms with Gasteiger partial charge >= 0.3 is 5.69 Å². The number of aryl methyl sites for hydroxylation is 1. The Labute approximate surface area is 133 Å². The number of nitrogens with zero attached hydrogens (tertiary/aromatic N) is 2. The van der Waals surface area contributed by atoms with Gasteiger partial charge in [0.25, 0.3) is 0 Å². The second kappa shape index (κ2) is 7.31. The molecule has 0 aliphatic heterocycles. The summed E-state index contributed by atoms with van der Waals surface area (Å²) >= 11 is 1.27. The largest absolute Gasteiger partial charge is 0.343 e. The normalized spacial score (nSPS) is 12.1. The van der Waals surface area contributed by atoms with E-state index in [9.17, 15) is 9.59 Å². The van der Waals surface area contributed by atoms with Crippen LogP contribution in [-0.2, 0) is 11.3 Å². The van der Waals surface area contributed by atoms with Gasteiger partial charge in [-0.1, -0.05) is 36.4 Å². The van der Waals surface area contributed by atoms with Crippen LogP contribution in [0.1, 0.15) is 25.8 Å². The van der Waals surface area contributed by atoms with Crippen LogP contribution in [0.4, 0.5) is 5.69 Å². The molecule has 0 saturated carbocycles. The highest BCUT2D eigenvalue weighted by Gasteiger charge is 2.18. The Hall–Kier alpha value is -2.02. The Kier molecular flexibility index (Phi) is 5.43. The number of nitrogens with one attached hydrogen (secondary N) is 2. The van der Waals surface area contributed by atoms with Crippen LogP contribution in [0, 0.1) is 6.92 Å². The minimum absolute atomic E-state index is 0.118. The van der Waals surface area contributed by atoms with Crippen LogP contribution in [0.15, 0.2) is 34.2 Å². The summed E-state index contributed by atoms with van der Waals surface area (Å²) in [7, 11) is 0. The van der Waals surface area contributed by atoms with Crippen LogP contribution in [0.25, 0.3) is 0 Å². The maximum Gasteiger partial charge on any atom is 0.343 e. The average molecular weight is 320 g/mol. The van der Waals surface area contributed by atoms with Crippen LogP contribution < -0.4 is 11.0 Å². The highest BCUT2D eigenvalue weighted by molar-refractivity contribution is 8.00. The van der Waals surface area contributed by atoms with Gasteiger partial charge in [0.2, 0.25) is 5.91 Å². The second-order valence-corrected chi connectivity index (χ2v) is 6.39. The van der Waals surface area contributed by atoms with Crippen molar-refractivity contribution in [3.05, 3.63) is 40.3 Å². The van der Waals surface area contributed by atoms with Crippen LogP contribution in [-0.4, -0.2) is 25.9 Å². The van der Waals surface area contributed by atoms with Gasteiger partial charge in [0.15, 0.2) is 5.16 Å². The Morgan fingerprint density at radius 2 is 2.09 bits per heavy atom. The fourth-order valence-electron chi connectivity index (χ4n) is 1.91. The third-order valence-corrected chi connectivity index (χ3v) is 4.23. The number of aromatic amines is 1. The first-order valence-electron chi connectivity index (χ1n) is 7.20. The smallest absolute Gasteiger partial charge is 0.325 e. The predicted octanol–water partition coefficient (Wildman–Crippen LogP) is 2.41. The summed E-state index contributed by atoms with van der Waals surface area (Å²) in [5, 5.41) is 9.46. The van der Waals surface area contributed by atoms with Gasteiger partial charge in [-0.05, 0) is 32.4 Å². The zero-order valence-electron chi connectivity index (χ0n) is 12.9. The van der Waals surface area contributed by atoms with Crippen molar-refractivity contribution in [1.29, 1.82) is 0 Å². The highest BCUT2D eigenvalue weighted by Crippen LogP contribution is 2.21. The number of anilines is 1. The van der Waals surface area contributed by atoms with Gasteiger partial charge in [-0.3, -0.25) is 9.36 Å². The van der Waals surface area contributed by atoms with E-state index in [4.69, 9.17) is 0 Å². The molecule has 0 saturated heterocycles. The van der Waals surface area contributed by atoms with Crippen LogP contribution in [0.5, 0.6) is 0 Å². The lowest BCUT2D eigenvalue weighted by molar-refractivity contribution is -0.115. The molecule has 0 radical (unpaired) electrons. The maximum atomic E-state index is 12.2. The Bertz CT molecular complexity index is 690. The molecule has 0 spiro atoms. The molecule has 1 heterocycles. The highest BCUT2D eigenvalue weighted by atomic mass is 32.2. The van der Waals surface area contributed by atoms with Gasteiger partial charge in [-0.15, -0.1) is 5.10 Å². The zero-order chi connectivity index (χ0) is 16.1. The van der Waals surface area contributed by atoms with Gasteiger partial charge in [0, 0.05) is 12.2 Å². The Balaban J connectivity index is 2.02. The zero-order valence-corrected chi connectivity index (χ0v) is 13.7. The van der Waals surface area contributed by atoms with Crippen molar-refractivity contribution in [3.8, 4) is 0 Å². The first kappa shape index (κ1) is 16.4. The monoisotopic (exact) mass is 320 g/mol. The van der Waals surface area contributed by atoms with Gasteiger partial charge in [-0.25, -0.2) is 9.89 Å². The second-order valence-electron chi connectivity index (χ2n) is 5.08. The molecule has 0 bridgehead atoms. The lowest BCUT2D eigenvalue weighted by Crippen LogP contribution is -2.24. The minimum Gasteiger partial charge on any atom is -0.325 e. The first-order valence-corrected chi connectivity index (χ1v) is 8.08. The molecule has 7 heteroatoms.